The van der Waals surface area contributed by atoms with E-state index in [0.717, 1.165) is 26.2 Å². The largest absolute Gasteiger partial charge is 0.376 e. The lowest BCUT2D eigenvalue weighted by molar-refractivity contribution is 0.110. The van der Waals surface area contributed by atoms with E-state index >= 15 is 0 Å². The lowest BCUT2D eigenvalue weighted by Crippen LogP contribution is -2.21. The molecule has 0 bridgehead atoms. The van der Waals surface area contributed by atoms with Crippen molar-refractivity contribution in [2.24, 2.45) is 5.84 Å². The van der Waals surface area contributed by atoms with Gasteiger partial charge in [0.15, 0.2) is 0 Å². The summed E-state index contributed by atoms with van der Waals surface area (Å²) < 4.78 is 5.36. The minimum absolute atomic E-state index is 0.730. The molecule has 0 saturated heterocycles. The predicted molar refractivity (Wildman–Crippen MR) is 50.8 cm³/mol. The van der Waals surface area contributed by atoms with Crippen LogP contribution in [0.1, 0.15) is 16.7 Å². The van der Waals surface area contributed by atoms with Gasteiger partial charge in [0.2, 0.25) is 0 Å². The highest BCUT2D eigenvalue weighted by molar-refractivity contribution is 5.32. The van der Waals surface area contributed by atoms with Gasteiger partial charge in [0.1, 0.15) is 0 Å². The number of nitrogens with one attached hydrogen (secondary N) is 1. The first-order valence-electron chi connectivity index (χ1n) is 4.52. The Bertz CT molecular complexity index is 299. The molecule has 0 amide bonds. The van der Waals surface area contributed by atoms with E-state index in [-0.39, 0.29) is 0 Å². The second kappa shape index (κ2) is 3.87. The van der Waals surface area contributed by atoms with E-state index in [9.17, 15) is 0 Å². The van der Waals surface area contributed by atoms with Crippen molar-refractivity contribution in [2.75, 3.05) is 6.61 Å². The predicted octanol–water partition coefficient (Wildman–Crippen LogP) is 0.723. The van der Waals surface area contributed by atoms with Crippen LogP contribution in [0, 0.1) is 0 Å². The molecule has 0 aliphatic carbocycles. The summed E-state index contributed by atoms with van der Waals surface area (Å²) in [5.41, 5.74) is 6.61. The maximum atomic E-state index is 5.36. The molecule has 3 N–H and O–H groups in total. The van der Waals surface area contributed by atoms with Crippen LogP contribution in [0.3, 0.4) is 0 Å². The standard InChI is InChI=1S/C10H14N2O/c11-12-6-8-1-2-10-7-13-4-3-9(10)5-8/h1-2,5,12H,3-4,6-7,11H2. The van der Waals surface area contributed by atoms with Gasteiger partial charge in [-0.15, -0.1) is 0 Å². The Morgan fingerprint density at radius 1 is 1.38 bits per heavy atom. The van der Waals surface area contributed by atoms with Gasteiger partial charge in [-0.3, -0.25) is 11.3 Å². The van der Waals surface area contributed by atoms with Gasteiger partial charge in [0.05, 0.1) is 13.2 Å². The Labute approximate surface area is 77.9 Å². The van der Waals surface area contributed by atoms with Crippen LogP contribution < -0.4 is 11.3 Å². The molecule has 0 saturated carbocycles. The van der Waals surface area contributed by atoms with Crippen molar-refractivity contribution in [3.8, 4) is 0 Å². The molecule has 1 aromatic carbocycles. The third-order valence-corrected chi connectivity index (χ3v) is 2.35. The summed E-state index contributed by atoms with van der Waals surface area (Å²) in [4.78, 5) is 0. The summed E-state index contributed by atoms with van der Waals surface area (Å²) in [7, 11) is 0. The van der Waals surface area contributed by atoms with Crippen LogP contribution in [0.4, 0.5) is 0 Å². The zero-order valence-corrected chi connectivity index (χ0v) is 7.55. The van der Waals surface area contributed by atoms with Crippen molar-refractivity contribution in [1.82, 2.24) is 5.43 Å². The molecule has 70 valence electrons. The smallest absolute Gasteiger partial charge is 0.0719 e. The van der Waals surface area contributed by atoms with Crippen molar-refractivity contribution >= 4 is 0 Å². The minimum Gasteiger partial charge on any atom is -0.376 e. The molecular formula is C10H14N2O. The number of hydrogen-bond acceptors (Lipinski definition) is 3. The average molecular weight is 178 g/mol. The molecule has 3 nitrogen and oxygen atoms in total. The fourth-order valence-corrected chi connectivity index (χ4v) is 1.64. The van der Waals surface area contributed by atoms with Crippen LogP contribution >= 0.6 is 0 Å². The molecule has 3 heteroatoms. The number of ether oxygens (including phenoxy) is 1. The first-order chi connectivity index (χ1) is 6.40. The Morgan fingerprint density at radius 2 is 2.31 bits per heavy atom. The number of hydrogen-bond donors (Lipinski definition) is 2. The van der Waals surface area contributed by atoms with E-state index in [2.05, 4.69) is 23.6 Å². The number of fused-ring (bicyclic) bond motifs is 1. The third kappa shape index (κ3) is 1.88. The Kier molecular flexibility index (Phi) is 2.59. The molecule has 1 aliphatic rings. The maximum absolute atomic E-state index is 5.36. The number of benzene rings is 1. The first-order valence-corrected chi connectivity index (χ1v) is 4.52. The molecule has 0 unspecified atom stereocenters. The molecular weight excluding hydrogens is 164 g/mol. The molecule has 0 fully saturated rings. The van der Waals surface area contributed by atoms with Crippen LogP contribution in [0.25, 0.3) is 0 Å². The summed E-state index contributed by atoms with van der Waals surface area (Å²) in [5, 5.41) is 0. The van der Waals surface area contributed by atoms with E-state index in [4.69, 9.17) is 10.6 Å². The second-order valence-electron chi connectivity index (χ2n) is 3.29. The molecule has 1 aromatic rings. The van der Waals surface area contributed by atoms with E-state index in [1.54, 1.807) is 0 Å². The molecule has 1 heterocycles. The van der Waals surface area contributed by atoms with Crippen molar-refractivity contribution < 1.29 is 4.74 Å². The van der Waals surface area contributed by atoms with Gasteiger partial charge in [-0.05, 0) is 23.1 Å². The minimum atomic E-state index is 0.730. The zero-order valence-electron chi connectivity index (χ0n) is 7.55. The van der Waals surface area contributed by atoms with Gasteiger partial charge in [-0.1, -0.05) is 18.2 Å². The van der Waals surface area contributed by atoms with Gasteiger partial charge >= 0.3 is 0 Å². The SMILES string of the molecule is NNCc1ccc2c(c1)CCOC2. The molecule has 0 radical (unpaired) electrons. The molecule has 0 spiro atoms. The monoisotopic (exact) mass is 178 g/mol. The van der Waals surface area contributed by atoms with Gasteiger partial charge in [0, 0.05) is 6.54 Å². The van der Waals surface area contributed by atoms with Crippen molar-refractivity contribution in [3.05, 3.63) is 34.9 Å². The van der Waals surface area contributed by atoms with Crippen molar-refractivity contribution in [3.63, 3.8) is 0 Å². The highest BCUT2D eigenvalue weighted by Crippen LogP contribution is 2.17. The normalized spacial score (nSPS) is 15.5. The lowest BCUT2D eigenvalue weighted by Gasteiger charge is -2.17. The number of rotatable bonds is 2. The van der Waals surface area contributed by atoms with Crippen LogP contribution in [-0.2, 0) is 24.3 Å². The highest BCUT2D eigenvalue weighted by atomic mass is 16.5. The summed E-state index contributed by atoms with van der Waals surface area (Å²) >= 11 is 0. The van der Waals surface area contributed by atoms with Crippen molar-refractivity contribution in [2.45, 2.75) is 19.6 Å². The van der Waals surface area contributed by atoms with Crippen LogP contribution in [0.15, 0.2) is 18.2 Å². The fraction of sp³-hybridized carbons (Fsp3) is 0.400. The van der Waals surface area contributed by atoms with Crippen LogP contribution in [-0.4, -0.2) is 6.61 Å². The molecule has 0 aromatic heterocycles. The Balaban J connectivity index is 2.24. The quantitative estimate of drug-likeness (QED) is 0.518. The Morgan fingerprint density at radius 3 is 3.15 bits per heavy atom. The first kappa shape index (κ1) is 8.69. The number of nitrogens with two attached hydrogens (primary N) is 1. The topological polar surface area (TPSA) is 47.3 Å². The molecule has 13 heavy (non-hydrogen) atoms. The van der Waals surface area contributed by atoms with Crippen LogP contribution in [0.5, 0.6) is 0 Å². The second-order valence-corrected chi connectivity index (χ2v) is 3.29. The molecule has 0 atom stereocenters. The average Bonchev–Trinajstić information content (AvgIpc) is 2.18. The van der Waals surface area contributed by atoms with E-state index in [0.29, 0.717) is 0 Å². The summed E-state index contributed by atoms with van der Waals surface area (Å²) in [6, 6.07) is 6.42. The van der Waals surface area contributed by atoms with Crippen molar-refractivity contribution in [1.29, 1.82) is 0 Å². The highest BCUT2D eigenvalue weighted by Gasteiger charge is 2.08. The summed E-state index contributed by atoms with van der Waals surface area (Å²) in [5.74, 6) is 5.26. The van der Waals surface area contributed by atoms with E-state index in [1.165, 1.54) is 16.7 Å². The van der Waals surface area contributed by atoms with Gasteiger partial charge in [-0.2, -0.15) is 0 Å². The van der Waals surface area contributed by atoms with E-state index < -0.39 is 0 Å². The summed E-state index contributed by atoms with van der Waals surface area (Å²) in [6.07, 6.45) is 1.02. The number of hydrazine groups is 1. The zero-order chi connectivity index (χ0) is 9.10. The third-order valence-electron chi connectivity index (χ3n) is 2.35. The van der Waals surface area contributed by atoms with Gasteiger partial charge in [-0.25, -0.2) is 0 Å². The summed E-state index contributed by atoms with van der Waals surface area (Å²) in [6.45, 7) is 2.33. The van der Waals surface area contributed by atoms with Gasteiger partial charge in [0.25, 0.3) is 0 Å². The molecule has 1 aliphatic heterocycles. The van der Waals surface area contributed by atoms with E-state index in [1.807, 2.05) is 0 Å². The maximum Gasteiger partial charge on any atom is 0.0719 e. The fourth-order valence-electron chi connectivity index (χ4n) is 1.64. The lowest BCUT2D eigenvalue weighted by atomic mass is 10.0. The molecule has 2 rings (SSSR count). The van der Waals surface area contributed by atoms with Crippen LogP contribution in [0.2, 0.25) is 0 Å². The Hall–Kier alpha value is -0.900. The van der Waals surface area contributed by atoms with Gasteiger partial charge < -0.3 is 4.74 Å².